The molecule has 1 unspecified atom stereocenters. The zero-order valence-corrected chi connectivity index (χ0v) is 19.5. The summed E-state index contributed by atoms with van der Waals surface area (Å²) in [7, 11) is -4.57. The standard InChI is InChI=1S/C20H16N4O5S.Na/c1-12-18(20(26)24(23-12)13-7-3-2-4-8-13)21-22-19-15-10-6-5-9-14(15)17(11-16(19)25)30(27,28)29;/h2-11,18,25H,1H3,(H,27,28,29);. The van der Waals surface area contributed by atoms with E-state index in [-0.39, 0.29) is 46.0 Å². The van der Waals surface area contributed by atoms with Crippen LogP contribution in [0.2, 0.25) is 0 Å². The molecule has 0 bridgehead atoms. The van der Waals surface area contributed by atoms with Crippen molar-refractivity contribution < 1.29 is 22.9 Å². The van der Waals surface area contributed by atoms with Gasteiger partial charge in [-0.05, 0) is 19.1 Å². The van der Waals surface area contributed by atoms with Crippen LogP contribution in [-0.4, -0.2) is 65.3 Å². The van der Waals surface area contributed by atoms with Crippen molar-refractivity contribution >= 4 is 73.4 Å². The van der Waals surface area contributed by atoms with Gasteiger partial charge in [-0.3, -0.25) is 9.35 Å². The Morgan fingerprint density at radius 2 is 1.65 bits per heavy atom. The summed E-state index contributed by atoms with van der Waals surface area (Å²) in [5, 5.41) is 24.3. The van der Waals surface area contributed by atoms with Gasteiger partial charge in [-0.25, -0.2) is 0 Å². The second-order valence-electron chi connectivity index (χ2n) is 6.61. The fourth-order valence-electron chi connectivity index (χ4n) is 3.19. The number of phenols is 1. The number of amides is 1. The number of benzene rings is 3. The topological polar surface area (TPSA) is 132 Å². The third-order valence-electron chi connectivity index (χ3n) is 4.61. The van der Waals surface area contributed by atoms with Gasteiger partial charge in [-0.2, -0.15) is 28.8 Å². The van der Waals surface area contributed by atoms with E-state index in [9.17, 15) is 22.9 Å². The maximum atomic E-state index is 12.8. The number of aromatic hydroxyl groups is 1. The van der Waals surface area contributed by atoms with Crippen molar-refractivity contribution in [2.45, 2.75) is 17.9 Å². The van der Waals surface area contributed by atoms with E-state index in [2.05, 4.69) is 15.3 Å². The number of carbonyl (C=O) groups excluding carboxylic acids is 1. The van der Waals surface area contributed by atoms with E-state index in [4.69, 9.17) is 0 Å². The van der Waals surface area contributed by atoms with E-state index in [0.29, 0.717) is 11.4 Å². The van der Waals surface area contributed by atoms with Crippen molar-refractivity contribution in [3.8, 4) is 5.75 Å². The molecule has 3 aromatic rings. The number of rotatable bonds is 4. The zero-order chi connectivity index (χ0) is 21.5. The fraction of sp³-hybridized carbons (Fsp3) is 0.100. The van der Waals surface area contributed by atoms with E-state index in [1.165, 1.54) is 17.1 Å². The summed E-state index contributed by atoms with van der Waals surface area (Å²) in [5.41, 5.74) is 0.994. The van der Waals surface area contributed by atoms with Crippen LogP contribution in [-0.2, 0) is 14.9 Å². The summed E-state index contributed by atoms with van der Waals surface area (Å²) in [4.78, 5) is 12.3. The average molecular weight is 447 g/mol. The molecule has 3 aromatic carbocycles. The number of fused-ring (bicyclic) bond motifs is 1. The quantitative estimate of drug-likeness (QED) is 0.360. The van der Waals surface area contributed by atoms with Crippen LogP contribution in [0.5, 0.6) is 5.75 Å². The van der Waals surface area contributed by atoms with Gasteiger partial charge in [0.15, 0.2) is 6.04 Å². The molecule has 11 heteroatoms. The molecular formula is C20H16N4NaO5S. The van der Waals surface area contributed by atoms with Gasteiger partial charge in [0.1, 0.15) is 16.3 Å². The van der Waals surface area contributed by atoms with Crippen LogP contribution >= 0.6 is 0 Å². The van der Waals surface area contributed by atoms with Gasteiger partial charge in [0.05, 0.1) is 11.4 Å². The molecule has 0 aliphatic carbocycles. The van der Waals surface area contributed by atoms with E-state index >= 15 is 0 Å². The molecule has 0 saturated carbocycles. The largest absolute Gasteiger partial charge is 0.506 e. The first kappa shape index (κ1) is 23.0. The number of hydrazone groups is 1. The van der Waals surface area contributed by atoms with E-state index in [1.807, 2.05) is 6.07 Å². The van der Waals surface area contributed by atoms with E-state index in [0.717, 1.165) is 6.07 Å². The normalized spacial score (nSPS) is 16.6. The van der Waals surface area contributed by atoms with E-state index < -0.39 is 32.7 Å². The summed E-state index contributed by atoms with van der Waals surface area (Å²) in [6.45, 7) is 1.64. The number of carbonyl (C=O) groups is 1. The molecule has 31 heavy (non-hydrogen) atoms. The van der Waals surface area contributed by atoms with Gasteiger partial charge >= 0.3 is 0 Å². The Labute approximate surface area is 200 Å². The van der Waals surface area contributed by atoms with Crippen LogP contribution in [0.25, 0.3) is 10.8 Å². The Balaban J connectivity index is 0.00000272. The van der Waals surface area contributed by atoms with Gasteiger partial charge in [-0.15, -0.1) is 0 Å². The minimum Gasteiger partial charge on any atom is -0.506 e. The number of anilines is 1. The van der Waals surface area contributed by atoms with Crippen molar-refractivity contribution in [3.63, 3.8) is 0 Å². The summed E-state index contributed by atoms with van der Waals surface area (Å²) >= 11 is 0. The van der Waals surface area contributed by atoms with Gasteiger partial charge in [0, 0.05) is 46.4 Å². The Morgan fingerprint density at radius 1 is 1.03 bits per heavy atom. The summed E-state index contributed by atoms with van der Waals surface area (Å²) < 4.78 is 32.8. The third kappa shape index (κ3) is 4.39. The molecule has 0 spiro atoms. The van der Waals surface area contributed by atoms with Gasteiger partial charge < -0.3 is 5.11 Å². The van der Waals surface area contributed by atoms with Crippen LogP contribution in [0.4, 0.5) is 11.4 Å². The molecule has 1 aliphatic heterocycles. The second kappa shape index (κ2) is 8.85. The van der Waals surface area contributed by atoms with Crippen molar-refractivity contribution in [1.29, 1.82) is 0 Å². The number of nitrogens with zero attached hydrogens (tertiary/aromatic N) is 4. The van der Waals surface area contributed by atoms with E-state index in [1.54, 1.807) is 43.3 Å². The molecule has 1 amide bonds. The van der Waals surface area contributed by atoms with Gasteiger partial charge in [0.25, 0.3) is 16.0 Å². The third-order valence-corrected chi connectivity index (χ3v) is 5.50. The molecule has 2 N–H and O–H groups in total. The first-order chi connectivity index (χ1) is 14.3. The Hall–Kier alpha value is -2.63. The predicted octanol–water partition coefficient (Wildman–Crippen LogP) is 3.29. The number of phenolic OH excluding ortho intramolecular Hbond substituents is 1. The fourth-order valence-corrected chi connectivity index (χ4v) is 3.91. The Morgan fingerprint density at radius 3 is 2.29 bits per heavy atom. The van der Waals surface area contributed by atoms with Crippen molar-refractivity contribution in [3.05, 3.63) is 60.7 Å². The maximum Gasteiger partial charge on any atom is 0.295 e. The average Bonchev–Trinajstić information content (AvgIpc) is 3.00. The molecule has 0 fully saturated rings. The monoisotopic (exact) mass is 447 g/mol. The Kier molecular flexibility index (Phi) is 6.58. The molecule has 9 nitrogen and oxygen atoms in total. The minimum absolute atomic E-state index is 0. The number of hydrogen-bond acceptors (Lipinski definition) is 7. The van der Waals surface area contributed by atoms with Crippen molar-refractivity contribution in [2.24, 2.45) is 15.3 Å². The molecule has 4 rings (SSSR count). The molecule has 1 heterocycles. The van der Waals surface area contributed by atoms with Crippen molar-refractivity contribution in [1.82, 2.24) is 0 Å². The second-order valence-corrected chi connectivity index (χ2v) is 8.00. The smallest absolute Gasteiger partial charge is 0.295 e. The first-order valence-electron chi connectivity index (χ1n) is 8.84. The molecule has 1 radical (unpaired) electrons. The molecule has 1 aliphatic rings. The maximum absolute atomic E-state index is 12.8. The molecule has 0 saturated heterocycles. The van der Waals surface area contributed by atoms with Crippen LogP contribution in [0.3, 0.4) is 0 Å². The summed E-state index contributed by atoms with van der Waals surface area (Å²) in [5.74, 6) is -0.897. The number of azo groups is 1. The summed E-state index contributed by atoms with van der Waals surface area (Å²) in [6.07, 6.45) is 0. The van der Waals surface area contributed by atoms with Crippen LogP contribution in [0.1, 0.15) is 6.92 Å². The number of para-hydroxylation sites is 1. The van der Waals surface area contributed by atoms with Crippen LogP contribution < -0.4 is 5.01 Å². The number of hydrogen-bond donors (Lipinski definition) is 2. The van der Waals surface area contributed by atoms with Crippen LogP contribution in [0, 0.1) is 0 Å². The molecule has 153 valence electrons. The molecule has 1 atom stereocenters. The SMILES string of the molecule is CC1=NN(c2ccccc2)C(=O)C1N=Nc1c(O)cc(S(=O)(=O)O)c2ccccc12.[Na]. The van der Waals surface area contributed by atoms with Crippen molar-refractivity contribution in [2.75, 3.05) is 5.01 Å². The Bertz CT molecular complexity index is 1330. The van der Waals surface area contributed by atoms with Gasteiger partial charge in [-0.1, -0.05) is 42.5 Å². The van der Waals surface area contributed by atoms with Gasteiger partial charge in [0.2, 0.25) is 0 Å². The zero-order valence-electron chi connectivity index (χ0n) is 16.7. The molecule has 0 aromatic heterocycles. The molecular weight excluding hydrogens is 431 g/mol. The predicted molar refractivity (Wildman–Crippen MR) is 117 cm³/mol. The first-order valence-corrected chi connectivity index (χ1v) is 10.3. The van der Waals surface area contributed by atoms with Crippen LogP contribution in [0.15, 0.2) is 80.9 Å². The summed E-state index contributed by atoms with van der Waals surface area (Å²) in [6, 6.07) is 15.0. The minimum atomic E-state index is -4.57.